The molecular weight excluding hydrogens is 286 g/mol. The van der Waals surface area contributed by atoms with Crippen molar-refractivity contribution in [2.24, 2.45) is 0 Å². The maximum absolute atomic E-state index is 12.2. The predicted molar refractivity (Wildman–Crippen MR) is 79.7 cm³/mol. The summed E-state index contributed by atoms with van der Waals surface area (Å²) >= 11 is 0. The molecule has 22 heavy (non-hydrogen) atoms. The number of benzene rings is 1. The smallest absolute Gasteiger partial charge is 0.342 e. The summed E-state index contributed by atoms with van der Waals surface area (Å²) in [6.45, 7) is 2.39. The molecule has 1 aliphatic heterocycles. The van der Waals surface area contributed by atoms with Crippen LogP contribution in [0.1, 0.15) is 43.0 Å². The van der Waals surface area contributed by atoms with Gasteiger partial charge in [0.25, 0.3) is 5.91 Å². The van der Waals surface area contributed by atoms with E-state index in [1.807, 2.05) is 6.92 Å². The number of amides is 1. The molecule has 2 rings (SSSR count). The van der Waals surface area contributed by atoms with Gasteiger partial charge in [-0.15, -0.1) is 0 Å². The van der Waals surface area contributed by atoms with Crippen molar-refractivity contribution in [3.63, 3.8) is 0 Å². The standard InChI is InChI=1S/C16H21NO5/c1-2-11-5-3-4-8-17(11)15(20)10-22-16(21)13-7-6-12(18)9-14(13)19/h6-7,9,11,18-19H,2-5,8,10H2,1H3/t11-/m0/s1. The van der Waals surface area contributed by atoms with Crippen LogP contribution in [-0.4, -0.2) is 46.2 Å². The summed E-state index contributed by atoms with van der Waals surface area (Å²) in [4.78, 5) is 25.8. The normalized spacial score (nSPS) is 18.0. The summed E-state index contributed by atoms with van der Waals surface area (Å²) in [5, 5.41) is 18.8. The average Bonchev–Trinajstić information content (AvgIpc) is 2.52. The van der Waals surface area contributed by atoms with E-state index in [2.05, 4.69) is 0 Å². The number of rotatable bonds is 4. The predicted octanol–water partition coefficient (Wildman–Crippen LogP) is 2.05. The van der Waals surface area contributed by atoms with Gasteiger partial charge in [-0.05, 0) is 37.8 Å². The molecule has 0 bridgehead atoms. The number of hydrogen-bond donors (Lipinski definition) is 2. The van der Waals surface area contributed by atoms with Crippen LogP contribution in [0.5, 0.6) is 11.5 Å². The first-order valence-corrected chi connectivity index (χ1v) is 7.51. The highest BCUT2D eigenvalue weighted by Gasteiger charge is 2.26. The van der Waals surface area contributed by atoms with Gasteiger partial charge < -0.3 is 19.8 Å². The van der Waals surface area contributed by atoms with Crippen molar-refractivity contribution in [1.29, 1.82) is 0 Å². The average molecular weight is 307 g/mol. The molecule has 1 saturated heterocycles. The lowest BCUT2D eigenvalue weighted by Crippen LogP contribution is -2.45. The third-order valence-corrected chi connectivity index (χ3v) is 3.95. The summed E-state index contributed by atoms with van der Waals surface area (Å²) in [6.07, 6.45) is 3.95. The number of ether oxygens (including phenoxy) is 1. The Morgan fingerprint density at radius 2 is 2.09 bits per heavy atom. The number of likely N-dealkylation sites (tertiary alicyclic amines) is 1. The van der Waals surface area contributed by atoms with Crippen LogP contribution < -0.4 is 0 Å². The largest absolute Gasteiger partial charge is 0.508 e. The minimum Gasteiger partial charge on any atom is -0.508 e. The van der Waals surface area contributed by atoms with E-state index in [9.17, 15) is 19.8 Å². The van der Waals surface area contributed by atoms with E-state index < -0.39 is 5.97 Å². The van der Waals surface area contributed by atoms with Crippen LogP contribution in [0.25, 0.3) is 0 Å². The number of phenolic OH excluding ortho intramolecular Hbond substituents is 2. The molecule has 1 amide bonds. The monoisotopic (exact) mass is 307 g/mol. The number of piperidine rings is 1. The van der Waals surface area contributed by atoms with Gasteiger partial charge in [-0.2, -0.15) is 0 Å². The second-order valence-electron chi connectivity index (χ2n) is 5.42. The fourth-order valence-electron chi connectivity index (χ4n) is 2.73. The lowest BCUT2D eigenvalue weighted by atomic mass is 10.00. The van der Waals surface area contributed by atoms with Crippen molar-refractivity contribution in [2.45, 2.75) is 38.6 Å². The van der Waals surface area contributed by atoms with Crippen LogP contribution in [0.3, 0.4) is 0 Å². The van der Waals surface area contributed by atoms with Crippen molar-refractivity contribution >= 4 is 11.9 Å². The van der Waals surface area contributed by atoms with E-state index in [1.54, 1.807) is 4.90 Å². The van der Waals surface area contributed by atoms with Gasteiger partial charge in [0.05, 0.1) is 0 Å². The minimum atomic E-state index is -0.782. The van der Waals surface area contributed by atoms with Crippen LogP contribution >= 0.6 is 0 Å². The fourth-order valence-corrected chi connectivity index (χ4v) is 2.73. The molecule has 1 fully saturated rings. The summed E-state index contributed by atoms with van der Waals surface area (Å²) < 4.78 is 4.98. The third kappa shape index (κ3) is 3.69. The number of carbonyl (C=O) groups is 2. The Morgan fingerprint density at radius 3 is 2.77 bits per heavy atom. The molecule has 2 N–H and O–H groups in total. The van der Waals surface area contributed by atoms with E-state index in [0.717, 1.165) is 31.7 Å². The molecule has 0 saturated carbocycles. The first-order chi connectivity index (χ1) is 10.5. The molecule has 0 spiro atoms. The molecular formula is C16H21NO5. The number of phenols is 2. The molecule has 1 atom stereocenters. The van der Waals surface area contributed by atoms with Crippen LogP contribution in [0, 0.1) is 0 Å². The van der Waals surface area contributed by atoms with Gasteiger partial charge in [-0.25, -0.2) is 4.79 Å². The van der Waals surface area contributed by atoms with Crippen molar-refractivity contribution in [1.82, 2.24) is 4.90 Å². The molecule has 120 valence electrons. The minimum absolute atomic E-state index is 0.0729. The SMILES string of the molecule is CC[C@H]1CCCCN1C(=O)COC(=O)c1ccc(O)cc1O. The van der Waals surface area contributed by atoms with Gasteiger partial charge in [0, 0.05) is 18.7 Å². The highest BCUT2D eigenvalue weighted by atomic mass is 16.5. The molecule has 1 heterocycles. The molecule has 0 unspecified atom stereocenters. The van der Waals surface area contributed by atoms with Gasteiger partial charge in [0.15, 0.2) is 6.61 Å². The molecule has 1 aromatic rings. The zero-order valence-electron chi connectivity index (χ0n) is 12.6. The first kappa shape index (κ1) is 16.1. The lowest BCUT2D eigenvalue weighted by molar-refractivity contribution is -0.138. The van der Waals surface area contributed by atoms with E-state index >= 15 is 0 Å². The number of esters is 1. The molecule has 1 aliphatic rings. The summed E-state index contributed by atoms with van der Waals surface area (Å²) in [5.41, 5.74) is -0.0729. The van der Waals surface area contributed by atoms with E-state index in [4.69, 9.17) is 4.74 Å². The number of hydrogen-bond acceptors (Lipinski definition) is 5. The highest BCUT2D eigenvalue weighted by Crippen LogP contribution is 2.23. The van der Waals surface area contributed by atoms with E-state index in [1.165, 1.54) is 12.1 Å². The van der Waals surface area contributed by atoms with Gasteiger partial charge >= 0.3 is 5.97 Å². The van der Waals surface area contributed by atoms with Gasteiger partial charge in [-0.3, -0.25) is 4.79 Å². The summed E-state index contributed by atoms with van der Waals surface area (Å²) in [7, 11) is 0. The molecule has 0 radical (unpaired) electrons. The van der Waals surface area contributed by atoms with Crippen molar-refractivity contribution in [3.05, 3.63) is 23.8 Å². The van der Waals surface area contributed by atoms with Crippen LogP contribution in [0.2, 0.25) is 0 Å². The third-order valence-electron chi connectivity index (χ3n) is 3.95. The van der Waals surface area contributed by atoms with E-state index in [-0.39, 0.29) is 35.6 Å². The highest BCUT2D eigenvalue weighted by molar-refractivity contribution is 5.94. The number of aromatic hydroxyl groups is 2. The molecule has 6 nitrogen and oxygen atoms in total. The number of carbonyl (C=O) groups excluding carboxylic acids is 2. The van der Waals surface area contributed by atoms with Crippen molar-refractivity contribution in [3.8, 4) is 11.5 Å². The zero-order chi connectivity index (χ0) is 16.1. The van der Waals surface area contributed by atoms with Crippen LogP contribution in [0.4, 0.5) is 0 Å². The topological polar surface area (TPSA) is 87.1 Å². The Labute approximate surface area is 129 Å². The van der Waals surface area contributed by atoms with Crippen molar-refractivity contribution in [2.75, 3.05) is 13.2 Å². The Kier molecular flexibility index (Phi) is 5.25. The first-order valence-electron chi connectivity index (χ1n) is 7.51. The molecule has 0 aliphatic carbocycles. The summed E-state index contributed by atoms with van der Waals surface area (Å²) in [5.74, 6) is -1.51. The van der Waals surface area contributed by atoms with Crippen molar-refractivity contribution < 1.29 is 24.5 Å². The van der Waals surface area contributed by atoms with Crippen LogP contribution in [0.15, 0.2) is 18.2 Å². The number of nitrogens with zero attached hydrogens (tertiary/aromatic N) is 1. The van der Waals surface area contributed by atoms with Gasteiger partial charge in [0.2, 0.25) is 0 Å². The Morgan fingerprint density at radius 1 is 1.32 bits per heavy atom. The van der Waals surface area contributed by atoms with Crippen LogP contribution in [-0.2, 0) is 9.53 Å². The Balaban J connectivity index is 1.94. The Hall–Kier alpha value is -2.24. The molecule has 6 heteroatoms. The maximum Gasteiger partial charge on any atom is 0.342 e. The summed E-state index contributed by atoms with van der Waals surface area (Å²) in [6, 6.07) is 3.79. The zero-order valence-corrected chi connectivity index (χ0v) is 12.6. The lowest BCUT2D eigenvalue weighted by Gasteiger charge is -2.35. The van der Waals surface area contributed by atoms with Gasteiger partial charge in [0.1, 0.15) is 17.1 Å². The maximum atomic E-state index is 12.2. The molecule has 0 aromatic heterocycles. The Bertz CT molecular complexity index is 557. The van der Waals surface area contributed by atoms with E-state index in [0.29, 0.717) is 6.54 Å². The van der Waals surface area contributed by atoms with Gasteiger partial charge in [-0.1, -0.05) is 6.92 Å². The second-order valence-corrected chi connectivity index (χ2v) is 5.42. The quantitative estimate of drug-likeness (QED) is 0.831. The fraction of sp³-hybridized carbons (Fsp3) is 0.500. The molecule has 1 aromatic carbocycles. The second kappa shape index (κ2) is 7.15.